The number of pyridine rings is 1. The van der Waals surface area contributed by atoms with Gasteiger partial charge >= 0.3 is 0 Å². The number of fused-ring (bicyclic) bond motifs is 1. The van der Waals surface area contributed by atoms with Crippen LogP contribution in [0, 0.1) is 25.7 Å². The maximum atomic E-state index is 4.33. The molecule has 0 bridgehead atoms. The van der Waals surface area contributed by atoms with Gasteiger partial charge in [-0.25, -0.2) is 4.98 Å². The largest absolute Gasteiger partial charge is 0.293 e. The van der Waals surface area contributed by atoms with Crippen LogP contribution in [0.15, 0.2) is 48.8 Å². The molecule has 2 aromatic heterocycles. The molecule has 3 aromatic rings. The van der Waals surface area contributed by atoms with Gasteiger partial charge in [-0.3, -0.25) is 4.40 Å². The molecular weight excluding hydrogens is 232 g/mol. The molecule has 0 aliphatic heterocycles. The molecule has 0 aliphatic carbocycles. The van der Waals surface area contributed by atoms with E-state index < -0.39 is 0 Å². The number of benzene rings is 1. The standard InChI is InChI=1S/C17H14N2/c1-13-6-7-14(2)15(11-13)8-9-16-12-18-17-5-3-4-10-19(16)17/h3-7,10-12H,1-2H3. The van der Waals surface area contributed by atoms with Crippen LogP contribution in [0.25, 0.3) is 5.65 Å². The van der Waals surface area contributed by atoms with Crippen molar-refractivity contribution in [2.75, 3.05) is 0 Å². The first-order valence-electron chi connectivity index (χ1n) is 6.25. The maximum absolute atomic E-state index is 4.33. The molecule has 0 atom stereocenters. The first-order valence-corrected chi connectivity index (χ1v) is 6.25. The van der Waals surface area contributed by atoms with Crippen molar-refractivity contribution in [3.05, 3.63) is 71.2 Å². The molecule has 0 saturated heterocycles. The summed E-state index contributed by atoms with van der Waals surface area (Å²) in [5, 5.41) is 0. The van der Waals surface area contributed by atoms with Crippen LogP contribution in [0.1, 0.15) is 22.4 Å². The fourth-order valence-corrected chi connectivity index (χ4v) is 2.03. The Bertz CT molecular complexity index is 801. The lowest BCUT2D eigenvalue weighted by molar-refractivity contribution is 1.16. The summed E-state index contributed by atoms with van der Waals surface area (Å²) in [6, 6.07) is 12.3. The van der Waals surface area contributed by atoms with E-state index in [4.69, 9.17) is 0 Å². The average Bonchev–Trinajstić information content (AvgIpc) is 2.83. The minimum atomic E-state index is 0.913. The number of hydrogen-bond acceptors (Lipinski definition) is 1. The summed E-state index contributed by atoms with van der Waals surface area (Å²) in [4.78, 5) is 4.33. The summed E-state index contributed by atoms with van der Waals surface area (Å²) in [6.07, 6.45) is 3.79. The number of hydrogen-bond donors (Lipinski definition) is 0. The van der Waals surface area contributed by atoms with Gasteiger partial charge in [-0.05, 0) is 49.1 Å². The summed E-state index contributed by atoms with van der Waals surface area (Å²) >= 11 is 0. The van der Waals surface area contributed by atoms with Crippen molar-refractivity contribution in [1.29, 1.82) is 0 Å². The summed E-state index contributed by atoms with van der Waals surface area (Å²) < 4.78 is 2.00. The number of nitrogens with zero attached hydrogens (tertiary/aromatic N) is 2. The zero-order chi connectivity index (χ0) is 13.2. The van der Waals surface area contributed by atoms with Gasteiger partial charge in [-0.1, -0.05) is 24.1 Å². The molecule has 3 rings (SSSR count). The van der Waals surface area contributed by atoms with E-state index in [0.717, 1.165) is 16.9 Å². The highest BCUT2D eigenvalue weighted by molar-refractivity contribution is 5.49. The van der Waals surface area contributed by atoms with Crippen molar-refractivity contribution in [3.63, 3.8) is 0 Å². The van der Waals surface area contributed by atoms with E-state index in [-0.39, 0.29) is 0 Å². The summed E-state index contributed by atoms with van der Waals surface area (Å²) in [5.74, 6) is 6.44. The van der Waals surface area contributed by atoms with Gasteiger partial charge in [0, 0.05) is 11.8 Å². The average molecular weight is 246 g/mol. The van der Waals surface area contributed by atoms with Crippen LogP contribution in [0.5, 0.6) is 0 Å². The monoisotopic (exact) mass is 246 g/mol. The number of rotatable bonds is 0. The molecular formula is C17H14N2. The van der Waals surface area contributed by atoms with Crippen LogP contribution in [0.3, 0.4) is 0 Å². The first-order chi connectivity index (χ1) is 9.24. The third-order valence-electron chi connectivity index (χ3n) is 3.14. The topological polar surface area (TPSA) is 17.3 Å². The molecule has 19 heavy (non-hydrogen) atoms. The Morgan fingerprint density at radius 2 is 1.95 bits per heavy atom. The second kappa shape index (κ2) is 4.62. The number of imidazole rings is 1. The van der Waals surface area contributed by atoms with Gasteiger partial charge in [0.05, 0.1) is 6.20 Å². The Morgan fingerprint density at radius 3 is 2.84 bits per heavy atom. The molecule has 0 amide bonds. The molecule has 0 aliphatic rings. The molecule has 0 spiro atoms. The molecule has 92 valence electrons. The highest BCUT2D eigenvalue weighted by Gasteiger charge is 1.99. The quantitative estimate of drug-likeness (QED) is 0.556. The van der Waals surface area contributed by atoms with Crippen molar-refractivity contribution < 1.29 is 0 Å². The minimum absolute atomic E-state index is 0.913. The molecule has 0 fully saturated rings. The summed E-state index contributed by atoms with van der Waals surface area (Å²) in [5.41, 5.74) is 5.34. The van der Waals surface area contributed by atoms with E-state index >= 15 is 0 Å². The van der Waals surface area contributed by atoms with Crippen LogP contribution >= 0.6 is 0 Å². The van der Waals surface area contributed by atoms with Gasteiger partial charge in [0.1, 0.15) is 11.3 Å². The van der Waals surface area contributed by atoms with Crippen molar-refractivity contribution in [2.45, 2.75) is 13.8 Å². The van der Waals surface area contributed by atoms with Gasteiger partial charge in [0.25, 0.3) is 0 Å². The van der Waals surface area contributed by atoms with Crippen molar-refractivity contribution >= 4 is 5.65 Å². The van der Waals surface area contributed by atoms with Crippen LogP contribution in [0.4, 0.5) is 0 Å². The number of aryl methyl sites for hydroxylation is 2. The van der Waals surface area contributed by atoms with E-state index in [1.807, 2.05) is 35.0 Å². The Hall–Kier alpha value is -2.53. The molecule has 2 heterocycles. The Kier molecular flexibility index (Phi) is 2.81. The normalized spacial score (nSPS) is 10.2. The zero-order valence-electron chi connectivity index (χ0n) is 11.0. The van der Waals surface area contributed by atoms with E-state index in [1.54, 1.807) is 0 Å². The van der Waals surface area contributed by atoms with Crippen molar-refractivity contribution in [3.8, 4) is 11.8 Å². The molecule has 0 radical (unpaired) electrons. The minimum Gasteiger partial charge on any atom is -0.293 e. The predicted molar refractivity (Wildman–Crippen MR) is 77.1 cm³/mol. The van der Waals surface area contributed by atoms with E-state index in [9.17, 15) is 0 Å². The third-order valence-corrected chi connectivity index (χ3v) is 3.14. The van der Waals surface area contributed by atoms with Gasteiger partial charge in [-0.15, -0.1) is 0 Å². The van der Waals surface area contributed by atoms with Crippen LogP contribution in [-0.2, 0) is 0 Å². The lowest BCUT2D eigenvalue weighted by Gasteiger charge is -1.99. The highest BCUT2D eigenvalue weighted by atomic mass is 15.0. The molecule has 2 nitrogen and oxygen atoms in total. The van der Waals surface area contributed by atoms with Gasteiger partial charge in [0.15, 0.2) is 0 Å². The van der Waals surface area contributed by atoms with Crippen LogP contribution in [-0.4, -0.2) is 9.38 Å². The van der Waals surface area contributed by atoms with E-state index in [0.29, 0.717) is 0 Å². The smallest absolute Gasteiger partial charge is 0.137 e. The second-order valence-electron chi connectivity index (χ2n) is 4.64. The van der Waals surface area contributed by atoms with Gasteiger partial charge in [-0.2, -0.15) is 0 Å². The first kappa shape index (κ1) is 11.6. The van der Waals surface area contributed by atoms with Gasteiger partial charge in [0.2, 0.25) is 0 Å². The summed E-state index contributed by atoms with van der Waals surface area (Å²) in [6.45, 7) is 4.16. The molecule has 0 unspecified atom stereocenters. The van der Waals surface area contributed by atoms with Crippen LogP contribution in [0.2, 0.25) is 0 Å². The van der Waals surface area contributed by atoms with Crippen molar-refractivity contribution in [2.24, 2.45) is 0 Å². The predicted octanol–water partition coefficient (Wildman–Crippen LogP) is 3.35. The maximum Gasteiger partial charge on any atom is 0.137 e. The molecule has 0 N–H and O–H groups in total. The second-order valence-corrected chi connectivity index (χ2v) is 4.64. The molecule has 1 aromatic carbocycles. The van der Waals surface area contributed by atoms with E-state index in [2.05, 4.69) is 48.9 Å². The zero-order valence-corrected chi connectivity index (χ0v) is 11.0. The van der Waals surface area contributed by atoms with Crippen LogP contribution < -0.4 is 0 Å². The highest BCUT2D eigenvalue weighted by Crippen LogP contribution is 2.10. The third kappa shape index (κ3) is 2.23. The lowest BCUT2D eigenvalue weighted by Crippen LogP contribution is -1.87. The lowest BCUT2D eigenvalue weighted by atomic mass is 10.1. The molecule has 0 saturated carbocycles. The Morgan fingerprint density at radius 1 is 1.05 bits per heavy atom. The molecule has 2 heteroatoms. The Balaban J connectivity index is 2.06. The number of aromatic nitrogens is 2. The van der Waals surface area contributed by atoms with Gasteiger partial charge < -0.3 is 0 Å². The Labute approximate surface area is 112 Å². The SMILES string of the molecule is Cc1ccc(C)c(C#Cc2cnc3ccccn23)c1. The summed E-state index contributed by atoms with van der Waals surface area (Å²) in [7, 11) is 0. The fraction of sp³-hybridized carbons (Fsp3) is 0.118. The van der Waals surface area contributed by atoms with Crippen molar-refractivity contribution in [1.82, 2.24) is 9.38 Å². The van der Waals surface area contributed by atoms with E-state index in [1.165, 1.54) is 11.1 Å². The fourth-order valence-electron chi connectivity index (χ4n) is 2.03.